The van der Waals surface area contributed by atoms with E-state index in [1.165, 1.54) is 9.80 Å². The number of fused-ring (bicyclic) bond motifs is 3. The third-order valence-corrected chi connectivity index (χ3v) is 10.2. The highest BCUT2D eigenvalue weighted by Crippen LogP contribution is 2.59. The van der Waals surface area contributed by atoms with Crippen LogP contribution in [0.4, 0.5) is 0 Å². The van der Waals surface area contributed by atoms with Crippen LogP contribution in [0.3, 0.4) is 0 Å². The summed E-state index contributed by atoms with van der Waals surface area (Å²) in [7, 11) is 0. The summed E-state index contributed by atoms with van der Waals surface area (Å²) >= 11 is 3.56. The predicted molar refractivity (Wildman–Crippen MR) is 175 cm³/mol. The number of cyclic esters (lactones) is 1. The summed E-state index contributed by atoms with van der Waals surface area (Å²) in [6.45, 7) is 1.35. The number of amides is 3. The number of para-hydroxylation sites is 1. The van der Waals surface area contributed by atoms with E-state index in [0.29, 0.717) is 27.5 Å². The average molecular weight is 720 g/mol. The minimum absolute atomic E-state index is 0.00136. The smallest absolute Gasteiger partial charge is 0.313 e. The van der Waals surface area contributed by atoms with Gasteiger partial charge in [0, 0.05) is 24.0 Å². The minimum atomic E-state index is -1.50. The molecule has 48 heavy (non-hydrogen) atoms. The molecule has 3 amide bonds. The topological polar surface area (TPSA) is 156 Å². The summed E-state index contributed by atoms with van der Waals surface area (Å²) in [4.78, 5) is 59.2. The standard InChI is InChI=1S/C34H35BrN6O7/c1-20-28(21-10-4-2-5-11-21)47-33(46)26-27-31(44)40(16-17-42)30(34(27)18-22(35)29(26)48-34)32(45)39(15-9-3-6-14-25(43)36-20)19-41-24-13-8-7-12-23(24)37-38-41/h2-5,7-13,18,20,26-30,42H,6,14-17,19H2,1H3,(H,36,43)/b9-3-/t20-,26+,27-,28+,29+,30+,34-/m0/s1. The zero-order valence-electron chi connectivity index (χ0n) is 26.1. The number of carbonyl (C=O) groups is 4. The van der Waals surface area contributed by atoms with Gasteiger partial charge >= 0.3 is 5.97 Å². The number of nitrogens with zero attached hydrogens (tertiary/aromatic N) is 5. The van der Waals surface area contributed by atoms with Crippen LogP contribution in [0.1, 0.15) is 31.4 Å². The molecular formula is C34H35BrN6O7. The van der Waals surface area contributed by atoms with E-state index in [1.54, 1.807) is 23.8 Å². The highest BCUT2D eigenvalue weighted by Gasteiger charge is 2.75. The van der Waals surface area contributed by atoms with E-state index < -0.39 is 66.1 Å². The third kappa shape index (κ3) is 5.41. The van der Waals surface area contributed by atoms with Crippen LogP contribution in [0.2, 0.25) is 0 Å². The molecule has 1 spiro atoms. The van der Waals surface area contributed by atoms with Gasteiger partial charge in [-0.2, -0.15) is 0 Å². The van der Waals surface area contributed by atoms with Crippen molar-refractivity contribution in [2.45, 2.75) is 56.3 Å². The van der Waals surface area contributed by atoms with Crippen LogP contribution in [0.25, 0.3) is 11.0 Å². The van der Waals surface area contributed by atoms with Gasteiger partial charge in [0.15, 0.2) is 0 Å². The van der Waals surface area contributed by atoms with Gasteiger partial charge in [-0.25, -0.2) is 4.68 Å². The van der Waals surface area contributed by atoms with E-state index in [4.69, 9.17) is 9.47 Å². The van der Waals surface area contributed by atoms with Crippen molar-refractivity contribution in [1.82, 2.24) is 30.1 Å². The van der Waals surface area contributed by atoms with Gasteiger partial charge in [0.2, 0.25) is 11.8 Å². The van der Waals surface area contributed by atoms with E-state index in [0.717, 1.165) is 0 Å². The Morgan fingerprint density at radius 2 is 1.79 bits per heavy atom. The van der Waals surface area contributed by atoms with Crippen LogP contribution in [0, 0.1) is 11.8 Å². The molecular weight excluding hydrogens is 684 g/mol. The first-order valence-electron chi connectivity index (χ1n) is 16.0. The molecule has 14 heteroatoms. The number of hydrogen-bond donors (Lipinski definition) is 2. The number of hydrogen-bond acceptors (Lipinski definition) is 9. The molecule has 2 N–H and O–H groups in total. The fourth-order valence-corrected chi connectivity index (χ4v) is 8.16. The van der Waals surface area contributed by atoms with Crippen molar-refractivity contribution in [2.24, 2.45) is 11.8 Å². The van der Waals surface area contributed by atoms with Gasteiger partial charge in [-0.3, -0.25) is 19.2 Å². The van der Waals surface area contributed by atoms with Gasteiger partial charge in [-0.1, -0.05) is 75.8 Å². The second-order valence-electron chi connectivity index (χ2n) is 12.5. The Morgan fingerprint density at radius 3 is 2.58 bits per heavy atom. The third-order valence-electron chi connectivity index (χ3n) is 9.55. The fraction of sp³-hybridized carbons (Fsp3) is 0.412. The average Bonchev–Trinajstić information content (AvgIpc) is 3.80. The van der Waals surface area contributed by atoms with E-state index in [-0.39, 0.29) is 32.1 Å². The monoisotopic (exact) mass is 718 g/mol. The van der Waals surface area contributed by atoms with Crippen LogP contribution in [-0.4, -0.2) is 97.1 Å². The maximum absolute atomic E-state index is 14.8. The molecule has 0 aliphatic carbocycles. The highest BCUT2D eigenvalue weighted by atomic mass is 79.9. The first kappa shape index (κ1) is 32.2. The van der Waals surface area contributed by atoms with E-state index in [2.05, 4.69) is 31.6 Å². The molecule has 5 bridgehead atoms. The number of ether oxygens (including phenoxy) is 2. The van der Waals surface area contributed by atoms with Crippen molar-refractivity contribution >= 4 is 50.7 Å². The Bertz CT molecular complexity index is 1810. The van der Waals surface area contributed by atoms with Gasteiger partial charge < -0.3 is 29.7 Å². The summed E-state index contributed by atoms with van der Waals surface area (Å²) < 4.78 is 14.8. The number of aliphatic hydroxyl groups excluding tert-OH is 1. The molecule has 5 heterocycles. The number of likely N-dealkylation sites (tertiary alicyclic amines) is 1. The lowest BCUT2D eigenvalue weighted by atomic mass is 9.74. The minimum Gasteiger partial charge on any atom is -0.455 e. The molecule has 3 aromatic rings. The number of esters is 1. The number of carbonyl (C=O) groups excluding carboxylic acids is 4. The quantitative estimate of drug-likeness (QED) is 0.298. The second kappa shape index (κ2) is 12.9. The van der Waals surface area contributed by atoms with Gasteiger partial charge in [0.25, 0.3) is 5.91 Å². The predicted octanol–water partition coefficient (Wildman–Crippen LogP) is 2.22. The number of aliphatic hydroxyl groups is 1. The lowest BCUT2D eigenvalue weighted by molar-refractivity contribution is -0.161. The molecule has 0 saturated carbocycles. The number of rotatable bonds is 5. The molecule has 2 aromatic carbocycles. The van der Waals surface area contributed by atoms with Crippen molar-refractivity contribution in [1.29, 1.82) is 0 Å². The SMILES string of the molecule is C[C@@H]1NC(=O)CC/C=C\CN(Cn2nnc3ccccc32)C(=O)[C@H]2N(CCO)C(=O)[C@@H]3[C@@H](C(=O)O[C@H]1c1ccccc1)[C@@H]1O[C@@]32C=C1Br. The largest absolute Gasteiger partial charge is 0.455 e. The number of allylic oxidation sites excluding steroid dienone is 1. The normalized spacial score (nSPS) is 31.5. The molecule has 250 valence electrons. The molecule has 7 rings (SSSR count). The Labute approximate surface area is 284 Å². The summed E-state index contributed by atoms with van der Waals surface area (Å²) in [6.07, 6.45) is 4.19. The van der Waals surface area contributed by atoms with Crippen LogP contribution in [0.15, 0.2) is 77.3 Å². The van der Waals surface area contributed by atoms with Gasteiger partial charge in [0.05, 0.1) is 24.1 Å². The van der Waals surface area contributed by atoms with Crippen molar-refractivity contribution in [3.63, 3.8) is 0 Å². The molecule has 1 aromatic heterocycles. The summed E-state index contributed by atoms with van der Waals surface area (Å²) in [6, 6.07) is 14.7. The van der Waals surface area contributed by atoms with Crippen molar-refractivity contribution in [3.05, 3.63) is 82.9 Å². The first-order valence-corrected chi connectivity index (χ1v) is 16.8. The molecule has 4 aliphatic rings. The van der Waals surface area contributed by atoms with Crippen LogP contribution >= 0.6 is 15.9 Å². The molecule has 4 aliphatic heterocycles. The summed E-state index contributed by atoms with van der Waals surface area (Å²) in [5.74, 6) is -4.02. The lowest BCUT2D eigenvalue weighted by Gasteiger charge is -2.35. The Balaban J connectivity index is 1.31. The lowest BCUT2D eigenvalue weighted by Crippen LogP contribution is -2.56. The Kier molecular flexibility index (Phi) is 8.64. The number of β-amino-alcohol motifs (C(OH)–C–C–N with tert-alkyl or cyclic N) is 1. The number of halogens is 1. The van der Waals surface area contributed by atoms with Crippen molar-refractivity contribution < 1.29 is 33.8 Å². The molecule has 2 saturated heterocycles. The van der Waals surface area contributed by atoms with E-state index in [9.17, 15) is 24.3 Å². The van der Waals surface area contributed by atoms with E-state index in [1.807, 2.05) is 60.7 Å². The highest BCUT2D eigenvalue weighted by molar-refractivity contribution is 9.11. The zero-order chi connectivity index (χ0) is 33.6. The number of nitrogens with one attached hydrogen (secondary N) is 1. The van der Waals surface area contributed by atoms with Gasteiger partial charge in [-0.15, -0.1) is 5.10 Å². The summed E-state index contributed by atoms with van der Waals surface area (Å²) in [5.41, 5.74) is 0.543. The number of aromatic nitrogens is 3. The van der Waals surface area contributed by atoms with Gasteiger partial charge in [0.1, 0.15) is 42.0 Å². The number of benzene rings is 2. The zero-order valence-corrected chi connectivity index (χ0v) is 27.7. The van der Waals surface area contributed by atoms with Gasteiger partial charge in [-0.05, 0) is 37.1 Å². The molecule has 2 fully saturated rings. The molecule has 0 radical (unpaired) electrons. The van der Waals surface area contributed by atoms with Crippen molar-refractivity contribution in [3.8, 4) is 0 Å². The maximum atomic E-state index is 14.8. The van der Waals surface area contributed by atoms with Crippen LogP contribution < -0.4 is 5.32 Å². The molecule has 0 unspecified atom stereocenters. The Hall–Kier alpha value is -4.40. The van der Waals surface area contributed by atoms with Crippen molar-refractivity contribution in [2.75, 3.05) is 19.7 Å². The molecule has 7 atom stereocenters. The fourth-order valence-electron chi connectivity index (χ4n) is 7.43. The molecule has 13 nitrogen and oxygen atoms in total. The second-order valence-corrected chi connectivity index (χ2v) is 13.4. The first-order chi connectivity index (χ1) is 23.2. The van der Waals surface area contributed by atoms with Crippen LogP contribution in [-0.2, 0) is 35.3 Å². The van der Waals surface area contributed by atoms with E-state index >= 15 is 0 Å². The maximum Gasteiger partial charge on any atom is 0.313 e. The van der Waals surface area contributed by atoms with Crippen LogP contribution in [0.5, 0.6) is 0 Å². The summed E-state index contributed by atoms with van der Waals surface area (Å²) in [5, 5.41) is 21.5. The Morgan fingerprint density at radius 1 is 1.02 bits per heavy atom.